The van der Waals surface area contributed by atoms with Crippen LogP contribution in [0.5, 0.6) is 0 Å². The van der Waals surface area contributed by atoms with Crippen LogP contribution >= 0.6 is 11.8 Å². The van der Waals surface area contributed by atoms with Crippen LogP contribution in [0.15, 0.2) is 12.7 Å². The largest absolute Gasteiger partial charge is 0.463 e. The number of hydrogen-bond donors (Lipinski definition) is 0. The Bertz CT molecular complexity index is 606. The van der Waals surface area contributed by atoms with Gasteiger partial charge < -0.3 is 23.7 Å². The molecule has 0 unspecified atom stereocenters. The van der Waals surface area contributed by atoms with E-state index in [2.05, 4.69) is 6.58 Å². The van der Waals surface area contributed by atoms with Crippen molar-refractivity contribution in [3.63, 3.8) is 0 Å². The van der Waals surface area contributed by atoms with E-state index in [0.29, 0.717) is 5.75 Å². The molecule has 0 amide bonds. The fourth-order valence-electron chi connectivity index (χ4n) is 2.75. The summed E-state index contributed by atoms with van der Waals surface area (Å²) in [5, 5.41) is 0. The lowest BCUT2D eigenvalue weighted by Gasteiger charge is -2.44. The number of hydrogen-bond acceptors (Lipinski definition) is 10. The SMILES string of the molecule is C=CCCCS[C@H]1O[C@H](COC(C)=O)[C@H](OC(C)=O)[C@H](OC(C)=O)[C@H]1OC(C)=O. The molecule has 0 N–H and O–H groups in total. The fraction of sp³-hybridized carbons (Fsp3) is 0.684. The van der Waals surface area contributed by atoms with Gasteiger partial charge in [-0.2, -0.15) is 0 Å². The third kappa shape index (κ3) is 8.86. The van der Waals surface area contributed by atoms with E-state index in [1.807, 2.05) is 0 Å². The average Bonchev–Trinajstić information content (AvgIpc) is 2.60. The highest BCUT2D eigenvalue weighted by Crippen LogP contribution is 2.34. The van der Waals surface area contributed by atoms with Gasteiger partial charge in [0.15, 0.2) is 18.3 Å². The molecule has 1 aliphatic heterocycles. The Hall–Kier alpha value is -2.07. The summed E-state index contributed by atoms with van der Waals surface area (Å²) in [5.74, 6) is -1.79. The fourth-order valence-corrected chi connectivity index (χ4v) is 3.94. The van der Waals surface area contributed by atoms with Gasteiger partial charge in [0.2, 0.25) is 0 Å². The number of esters is 4. The van der Waals surface area contributed by atoms with Crippen LogP contribution in [0, 0.1) is 0 Å². The van der Waals surface area contributed by atoms with E-state index in [4.69, 9.17) is 23.7 Å². The molecule has 0 aromatic rings. The zero-order chi connectivity index (χ0) is 22.0. The number of allylic oxidation sites excluding steroid dienone is 1. The molecule has 0 radical (unpaired) electrons. The van der Waals surface area contributed by atoms with Gasteiger partial charge in [0.1, 0.15) is 18.1 Å². The molecular formula is C19H28O9S. The molecule has 0 spiro atoms. The summed E-state index contributed by atoms with van der Waals surface area (Å²) in [4.78, 5) is 46.3. The molecule has 1 aliphatic rings. The van der Waals surface area contributed by atoms with Crippen LogP contribution in [0.4, 0.5) is 0 Å². The maximum absolute atomic E-state index is 11.7. The van der Waals surface area contributed by atoms with Gasteiger partial charge in [0.05, 0.1) is 0 Å². The second-order valence-electron chi connectivity index (χ2n) is 6.37. The first-order valence-electron chi connectivity index (χ1n) is 9.18. The molecule has 0 aromatic carbocycles. The summed E-state index contributed by atoms with van der Waals surface area (Å²) in [6.07, 6.45) is -0.775. The molecule has 0 aromatic heterocycles. The van der Waals surface area contributed by atoms with Crippen LogP contribution in [-0.2, 0) is 42.9 Å². The second kappa shape index (κ2) is 12.5. The van der Waals surface area contributed by atoms with Crippen LogP contribution in [0.3, 0.4) is 0 Å². The topological polar surface area (TPSA) is 114 Å². The van der Waals surface area contributed by atoms with Crippen molar-refractivity contribution in [2.45, 2.75) is 70.4 Å². The molecule has 9 nitrogen and oxygen atoms in total. The number of thioether (sulfide) groups is 1. The van der Waals surface area contributed by atoms with Gasteiger partial charge >= 0.3 is 23.9 Å². The zero-order valence-electron chi connectivity index (χ0n) is 17.1. The van der Waals surface area contributed by atoms with E-state index in [1.54, 1.807) is 6.08 Å². The molecule has 1 fully saturated rings. The minimum atomic E-state index is -1.12. The van der Waals surface area contributed by atoms with Crippen molar-refractivity contribution in [3.05, 3.63) is 12.7 Å². The van der Waals surface area contributed by atoms with Crippen molar-refractivity contribution in [3.8, 4) is 0 Å². The van der Waals surface area contributed by atoms with Gasteiger partial charge in [-0.1, -0.05) is 6.08 Å². The van der Waals surface area contributed by atoms with Gasteiger partial charge in [0.25, 0.3) is 0 Å². The van der Waals surface area contributed by atoms with E-state index in [0.717, 1.165) is 12.8 Å². The Labute approximate surface area is 174 Å². The predicted octanol–water partition coefficient (Wildman–Crippen LogP) is 1.77. The van der Waals surface area contributed by atoms with Gasteiger partial charge in [-0.15, -0.1) is 18.3 Å². The number of unbranched alkanes of at least 4 members (excludes halogenated alkanes) is 1. The first-order valence-corrected chi connectivity index (χ1v) is 10.2. The number of carbonyl (C=O) groups excluding carboxylic acids is 4. The first-order chi connectivity index (χ1) is 13.6. The molecule has 0 aliphatic carbocycles. The highest BCUT2D eigenvalue weighted by Gasteiger charge is 2.52. The van der Waals surface area contributed by atoms with Crippen molar-refractivity contribution in [1.29, 1.82) is 0 Å². The summed E-state index contributed by atoms with van der Waals surface area (Å²) in [7, 11) is 0. The van der Waals surface area contributed by atoms with Crippen LogP contribution in [-0.4, -0.2) is 66.1 Å². The lowest BCUT2D eigenvalue weighted by Crippen LogP contribution is -2.61. The van der Waals surface area contributed by atoms with Crippen molar-refractivity contribution < 1.29 is 42.9 Å². The lowest BCUT2D eigenvalue weighted by atomic mass is 9.99. The molecule has 29 heavy (non-hydrogen) atoms. The van der Waals surface area contributed by atoms with E-state index in [-0.39, 0.29) is 6.61 Å². The smallest absolute Gasteiger partial charge is 0.303 e. The molecule has 0 saturated carbocycles. The Morgan fingerprint density at radius 3 is 1.97 bits per heavy atom. The van der Waals surface area contributed by atoms with Crippen molar-refractivity contribution in [1.82, 2.24) is 0 Å². The molecule has 5 atom stereocenters. The first kappa shape index (κ1) is 25.0. The monoisotopic (exact) mass is 432 g/mol. The molecule has 1 rings (SSSR count). The Balaban J connectivity index is 3.19. The molecule has 1 heterocycles. The van der Waals surface area contributed by atoms with Crippen molar-refractivity contribution in [2.75, 3.05) is 12.4 Å². The van der Waals surface area contributed by atoms with E-state index in [1.165, 1.54) is 39.5 Å². The minimum Gasteiger partial charge on any atom is -0.463 e. The highest BCUT2D eigenvalue weighted by molar-refractivity contribution is 7.99. The van der Waals surface area contributed by atoms with Gasteiger partial charge in [0, 0.05) is 27.7 Å². The summed E-state index contributed by atoms with van der Waals surface area (Å²) in [5.41, 5.74) is -0.722. The number of ether oxygens (including phenoxy) is 5. The van der Waals surface area contributed by atoms with Crippen molar-refractivity contribution in [2.24, 2.45) is 0 Å². The maximum Gasteiger partial charge on any atom is 0.303 e. The molecule has 1 saturated heterocycles. The van der Waals surface area contributed by atoms with Crippen LogP contribution in [0.25, 0.3) is 0 Å². The lowest BCUT2D eigenvalue weighted by molar-refractivity contribution is -0.237. The molecular weight excluding hydrogens is 404 g/mol. The Morgan fingerprint density at radius 1 is 0.897 bits per heavy atom. The Morgan fingerprint density at radius 2 is 1.45 bits per heavy atom. The summed E-state index contributed by atoms with van der Waals surface area (Å²) in [6, 6.07) is 0. The maximum atomic E-state index is 11.7. The predicted molar refractivity (Wildman–Crippen MR) is 104 cm³/mol. The van der Waals surface area contributed by atoms with Crippen LogP contribution < -0.4 is 0 Å². The van der Waals surface area contributed by atoms with E-state index < -0.39 is 53.7 Å². The summed E-state index contributed by atoms with van der Waals surface area (Å²) < 4.78 is 27.1. The van der Waals surface area contributed by atoms with Gasteiger partial charge in [-0.25, -0.2) is 0 Å². The van der Waals surface area contributed by atoms with E-state index in [9.17, 15) is 19.2 Å². The van der Waals surface area contributed by atoms with Crippen molar-refractivity contribution >= 4 is 35.6 Å². The normalized spacial score (nSPS) is 26.1. The third-order valence-electron chi connectivity index (χ3n) is 3.78. The average molecular weight is 432 g/mol. The molecule has 10 heteroatoms. The minimum absolute atomic E-state index is 0.221. The van der Waals surface area contributed by atoms with Gasteiger partial charge in [-0.05, 0) is 18.6 Å². The number of carbonyl (C=O) groups is 4. The quantitative estimate of drug-likeness (QED) is 0.219. The highest BCUT2D eigenvalue weighted by atomic mass is 32.2. The molecule has 164 valence electrons. The van der Waals surface area contributed by atoms with E-state index >= 15 is 0 Å². The summed E-state index contributed by atoms with van der Waals surface area (Å²) >= 11 is 1.36. The standard InChI is InChI=1S/C19H28O9S/c1-6-7-8-9-29-19-18(27-14(5)23)17(26-13(4)22)16(25-12(3)21)15(28-19)10-24-11(2)20/h6,15-19H,1,7-10H2,2-5H3/t15-,16+,17+,18-,19-/m1/s1. The van der Waals surface area contributed by atoms with Gasteiger partial charge in [-0.3, -0.25) is 19.2 Å². The van der Waals surface area contributed by atoms with Crippen LogP contribution in [0.1, 0.15) is 40.5 Å². The summed E-state index contributed by atoms with van der Waals surface area (Å²) in [6.45, 7) is 8.28. The number of rotatable bonds is 10. The Kier molecular flexibility index (Phi) is 10.7. The molecule has 0 bridgehead atoms. The zero-order valence-corrected chi connectivity index (χ0v) is 17.9. The van der Waals surface area contributed by atoms with Crippen LogP contribution in [0.2, 0.25) is 0 Å². The second-order valence-corrected chi connectivity index (χ2v) is 7.58. The third-order valence-corrected chi connectivity index (χ3v) is 5.02.